The monoisotopic (exact) mass is 294 g/mol. The van der Waals surface area contributed by atoms with Crippen molar-refractivity contribution in [2.24, 2.45) is 0 Å². The molecule has 116 valence electrons. The fourth-order valence-electron chi connectivity index (χ4n) is 2.33. The Hall–Kier alpha value is -2.12. The largest absolute Gasteiger partial charge is 0.341 e. The predicted octanol–water partition coefficient (Wildman–Crippen LogP) is 0.911. The molecule has 0 radical (unpaired) electrons. The highest BCUT2D eigenvalue weighted by atomic mass is 16.2. The molecule has 3 amide bonds. The first kappa shape index (κ1) is 15.3. The van der Waals surface area contributed by atoms with Crippen LogP contribution in [-0.4, -0.2) is 51.2 Å². The summed E-state index contributed by atoms with van der Waals surface area (Å²) in [6.07, 6.45) is 1.52. The van der Waals surface area contributed by atoms with Gasteiger partial charge in [-0.05, 0) is 27.2 Å². The zero-order valence-corrected chi connectivity index (χ0v) is 12.7. The van der Waals surface area contributed by atoms with Crippen LogP contribution in [-0.2, 0) is 4.79 Å². The van der Waals surface area contributed by atoms with Crippen molar-refractivity contribution in [3.05, 3.63) is 5.82 Å². The van der Waals surface area contributed by atoms with E-state index in [1.165, 1.54) is 0 Å². The first-order valence-electron chi connectivity index (χ1n) is 7.23. The minimum atomic E-state index is -0.359. The highest BCUT2D eigenvalue weighted by Gasteiger charge is 2.19. The van der Waals surface area contributed by atoms with Crippen LogP contribution in [0.2, 0.25) is 0 Å². The molecular formula is C13H22N6O2. The van der Waals surface area contributed by atoms with Crippen LogP contribution in [0, 0.1) is 6.92 Å². The minimum absolute atomic E-state index is 0.158. The van der Waals surface area contributed by atoms with E-state index in [2.05, 4.69) is 20.7 Å². The van der Waals surface area contributed by atoms with Gasteiger partial charge in [-0.1, -0.05) is 0 Å². The number of nitrogens with one attached hydrogen (secondary N) is 2. The first-order valence-corrected chi connectivity index (χ1v) is 7.23. The molecule has 0 atom stereocenters. The number of carbonyl (C=O) groups excluding carboxylic acids is 2. The average molecular weight is 294 g/mol. The molecule has 8 heteroatoms. The zero-order valence-electron chi connectivity index (χ0n) is 12.7. The van der Waals surface area contributed by atoms with Crippen LogP contribution >= 0.6 is 0 Å². The second-order valence-electron chi connectivity index (χ2n) is 5.39. The molecule has 1 aliphatic rings. The summed E-state index contributed by atoms with van der Waals surface area (Å²) < 4.78 is 1.75. The van der Waals surface area contributed by atoms with Gasteiger partial charge in [-0.15, -0.1) is 5.10 Å². The third-order valence-corrected chi connectivity index (χ3v) is 3.35. The maximum absolute atomic E-state index is 11.7. The molecule has 8 nitrogen and oxygen atoms in total. The van der Waals surface area contributed by atoms with E-state index in [0.29, 0.717) is 19.5 Å². The molecule has 0 saturated carbocycles. The van der Waals surface area contributed by atoms with Crippen molar-refractivity contribution in [1.29, 1.82) is 0 Å². The summed E-state index contributed by atoms with van der Waals surface area (Å²) in [5.74, 6) is 1.20. The Balaban J connectivity index is 1.76. The SMILES string of the molecule is Cc1nc(NC(=O)NCCN2CCCC2=O)nn1C(C)C. The maximum atomic E-state index is 11.7. The highest BCUT2D eigenvalue weighted by Crippen LogP contribution is 2.09. The Bertz CT molecular complexity index is 525. The third kappa shape index (κ3) is 3.93. The van der Waals surface area contributed by atoms with Crippen LogP contribution in [0.5, 0.6) is 0 Å². The number of nitrogens with zero attached hydrogens (tertiary/aromatic N) is 4. The summed E-state index contributed by atoms with van der Waals surface area (Å²) in [5.41, 5.74) is 0. The van der Waals surface area contributed by atoms with E-state index in [4.69, 9.17) is 0 Å². The molecule has 0 spiro atoms. The predicted molar refractivity (Wildman–Crippen MR) is 78.0 cm³/mol. The lowest BCUT2D eigenvalue weighted by Crippen LogP contribution is -2.37. The number of amides is 3. The van der Waals surface area contributed by atoms with Crippen LogP contribution in [0.1, 0.15) is 38.6 Å². The average Bonchev–Trinajstić information content (AvgIpc) is 2.96. The number of carbonyl (C=O) groups is 2. The van der Waals surface area contributed by atoms with Crippen LogP contribution < -0.4 is 10.6 Å². The summed E-state index contributed by atoms with van der Waals surface area (Å²) in [7, 11) is 0. The van der Waals surface area contributed by atoms with E-state index in [1.54, 1.807) is 9.58 Å². The number of hydrogen-bond acceptors (Lipinski definition) is 4. The van der Waals surface area contributed by atoms with Crippen LogP contribution in [0.4, 0.5) is 10.7 Å². The second-order valence-corrected chi connectivity index (χ2v) is 5.39. The number of rotatable bonds is 5. The van der Waals surface area contributed by atoms with Gasteiger partial charge in [-0.3, -0.25) is 10.1 Å². The van der Waals surface area contributed by atoms with E-state index in [9.17, 15) is 9.59 Å². The Morgan fingerprint density at radius 3 is 2.76 bits per heavy atom. The number of anilines is 1. The molecule has 2 rings (SSSR count). The lowest BCUT2D eigenvalue weighted by Gasteiger charge is -2.15. The fourth-order valence-corrected chi connectivity index (χ4v) is 2.33. The molecule has 2 heterocycles. The van der Waals surface area contributed by atoms with Crippen molar-refractivity contribution in [3.63, 3.8) is 0 Å². The molecule has 1 fully saturated rings. The number of hydrogen-bond donors (Lipinski definition) is 2. The topological polar surface area (TPSA) is 92.2 Å². The molecule has 0 bridgehead atoms. The van der Waals surface area contributed by atoms with Gasteiger partial charge < -0.3 is 10.2 Å². The molecule has 1 saturated heterocycles. The summed E-state index contributed by atoms with van der Waals surface area (Å²) >= 11 is 0. The van der Waals surface area contributed by atoms with Crippen molar-refractivity contribution in [2.75, 3.05) is 25.0 Å². The first-order chi connectivity index (χ1) is 9.97. The van der Waals surface area contributed by atoms with Crippen molar-refractivity contribution >= 4 is 17.9 Å². The quantitative estimate of drug-likeness (QED) is 0.844. The summed E-state index contributed by atoms with van der Waals surface area (Å²) in [4.78, 5) is 29.1. The number of likely N-dealkylation sites (tertiary alicyclic amines) is 1. The molecule has 0 aliphatic carbocycles. The second kappa shape index (κ2) is 6.55. The molecule has 1 aromatic rings. The maximum Gasteiger partial charge on any atom is 0.321 e. The van der Waals surface area contributed by atoms with Crippen LogP contribution in [0.25, 0.3) is 0 Å². The van der Waals surface area contributed by atoms with Gasteiger partial charge in [0.1, 0.15) is 5.82 Å². The Morgan fingerprint density at radius 2 is 2.19 bits per heavy atom. The van der Waals surface area contributed by atoms with Gasteiger partial charge >= 0.3 is 6.03 Å². The van der Waals surface area contributed by atoms with Gasteiger partial charge in [0, 0.05) is 32.1 Å². The van der Waals surface area contributed by atoms with E-state index >= 15 is 0 Å². The molecular weight excluding hydrogens is 272 g/mol. The number of urea groups is 1. The molecule has 1 aromatic heterocycles. The van der Waals surface area contributed by atoms with Gasteiger partial charge in [-0.25, -0.2) is 9.48 Å². The zero-order chi connectivity index (χ0) is 15.4. The summed E-state index contributed by atoms with van der Waals surface area (Å²) in [6.45, 7) is 7.58. The van der Waals surface area contributed by atoms with Crippen molar-refractivity contribution < 1.29 is 9.59 Å². The summed E-state index contributed by atoms with van der Waals surface area (Å²) in [6, 6.07) is -0.167. The van der Waals surface area contributed by atoms with Crippen molar-refractivity contribution in [3.8, 4) is 0 Å². The number of aromatic nitrogens is 3. The van der Waals surface area contributed by atoms with Crippen molar-refractivity contribution in [2.45, 2.75) is 39.7 Å². The molecule has 0 aromatic carbocycles. The van der Waals surface area contributed by atoms with E-state index < -0.39 is 0 Å². The Kier molecular flexibility index (Phi) is 4.77. The van der Waals surface area contributed by atoms with Gasteiger partial charge in [0.25, 0.3) is 0 Å². The van der Waals surface area contributed by atoms with E-state index in [-0.39, 0.29) is 23.9 Å². The third-order valence-electron chi connectivity index (χ3n) is 3.35. The molecule has 21 heavy (non-hydrogen) atoms. The van der Waals surface area contributed by atoms with Gasteiger partial charge in [0.2, 0.25) is 11.9 Å². The lowest BCUT2D eigenvalue weighted by atomic mass is 10.4. The standard InChI is InChI=1S/C13H22N6O2/c1-9(2)19-10(3)15-12(17-19)16-13(21)14-6-8-18-7-4-5-11(18)20/h9H,4-8H2,1-3H3,(H2,14,16,17,21). The summed E-state index contributed by atoms with van der Waals surface area (Å²) in [5, 5.41) is 9.52. The van der Waals surface area contributed by atoms with Gasteiger partial charge in [0.15, 0.2) is 0 Å². The van der Waals surface area contributed by atoms with E-state index in [1.807, 2.05) is 20.8 Å². The smallest absolute Gasteiger partial charge is 0.321 e. The van der Waals surface area contributed by atoms with Gasteiger partial charge in [-0.2, -0.15) is 4.98 Å². The van der Waals surface area contributed by atoms with E-state index in [0.717, 1.165) is 18.8 Å². The highest BCUT2D eigenvalue weighted by molar-refractivity contribution is 5.87. The van der Waals surface area contributed by atoms with Crippen molar-refractivity contribution in [1.82, 2.24) is 25.0 Å². The molecule has 2 N–H and O–H groups in total. The minimum Gasteiger partial charge on any atom is -0.341 e. The van der Waals surface area contributed by atoms with Crippen LogP contribution in [0.3, 0.4) is 0 Å². The normalized spacial score (nSPS) is 14.9. The Morgan fingerprint density at radius 1 is 1.43 bits per heavy atom. The number of aryl methyl sites for hydroxylation is 1. The van der Waals surface area contributed by atoms with Crippen LogP contribution in [0.15, 0.2) is 0 Å². The molecule has 0 unspecified atom stereocenters. The van der Waals surface area contributed by atoms with Gasteiger partial charge in [0.05, 0.1) is 0 Å². The lowest BCUT2D eigenvalue weighted by molar-refractivity contribution is -0.127. The Labute approximate surface area is 123 Å². The fraction of sp³-hybridized carbons (Fsp3) is 0.692. The molecule has 1 aliphatic heterocycles.